The first-order chi connectivity index (χ1) is 6.47. The lowest BCUT2D eigenvalue weighted by Gasteiger charge is -2.27. The SMILES string of the molecule is CC1(C(=O)NCC(=O)O)CCCC1N. The minimum Gasteiger partial charge on any atom is -0.480 e. The Bertz CT molecular complexity index is 254. The van der Waals surface area contributed by atoms with Gasteiger partial charge in [0, 0.05) is 6.04 Å². The topological polar surface area (TPSA) is 92.4 Å². The van der Waals surface area contributed by atoms with Crippen LogP contribution in [0.15, 0.2) is 0 Å². The highest BCUT2D eigenvalue weighted by molar-refractivity contribution is 5.86. The second-order valence-corrected chi connectivity index (χ2v) is 3.99. The number of hydrogen-bond acceptors (Lipinski definition) is 3. The fraction of sp³-hybridized carbons (Fsp3) is 0.778. The Balaban J connectivity index is 2.54. The summed E-state index contributed by atoms with van der Waals surface area (Å²) < 4.78 is 0. The fourth-order valence-electron chi connectivity index (χ4n) is 1.83. The molecule has 0 spiro atoms. The van der Waals surface area contributed by atoms with Crippen molar-refractivity contribution >= 4 is 11.9 Å². The van der Waals surface area contributed by atoms with Crippen molar-refractivity contribution in [1.29, 1.82) is 0 Å². The van der Waals surface area contributed by atoms with Crippen molar-refractivity contribution in [2.24, 2.45) is 11.1 Å². The number of nitrogens with one attached hydrogen (secondary N) is 1. The molecule has 1 aliphatic rings. The van der Waals surface area contributed by atoms with Crippen LogP contribution in [0.4, 0.5) is 0 Å². The molecule has 0 radical (unpaired) electrons. The second-order valence-electron chi connectivity index (χ2n) is 3.99. The van der Waals surface area contributed by atoms with Crippen LogP contribution in [0.5, 0.6) is 0 Å². The van der Waals surface area contributed by atoms with Gasteiger partial charge in [0.15, 0.2) is 0 Å². The maximum Gasteiger partial charge on any atom is 0.322 e. The van der Waals surface area contributed by atoms with Crippen LogP contribution >= 0.6 is 0 Å². The van der Waals surface area contributed by atoms with Gasteiger partial charge in [-0.05, 0) is 19.8 Å². The lowest BCUT2D eigenvalue weighted by molar-refractivity contribution is -0.140. The summed E-state index contributed by atoms with van der Waals surface area (Å²) in [6.45, 7) is 1.46. The molecule has 80 valence electrons. The van der Waals surface area contributed by atoms with Gasteiger partial charge in [-0.1, -0.05) is 6.42 Å². The molecule has 1 amide bonds. The predicted molar refractivity (Wildman–Crippen MR) is 50.6 cm³/mol. The quantitative estimate of drug-likeness (QED) is 0.583. The van der Waals surface area contributed by atoms with Crippen LogP contribution < -0.4 is 11.1 Å². The van der Waals surface area contributed by atoms with Crippen molar-refractivity contribution in [2.45, 2.75) is 32.2 Å². The van der Waals surface area contributed by atoms with E-state index in [-0.39, 0.29) is 18.5 Å². The maximum absolute atomic E-state index is 11.6. The van der Waals surface area contributed by atoms with E-state index >= 15 is 0 Å². The molecule has 4 N–H and O–H groups in total. The lowest BCUT2D eigenvalue weighted by atomic mass is 9.84. The first-order valence-corrected chi connectivity index (χ1v) is 4.72. The first kappa shape index (κ1) is 11.0. The highest BCUT2D eigenvalue weighted by Gasteiger charge is 2.42. The van der Waals surface area contributed by atoms with E-state index in [0.29, 0.717) is 0 Å². The number of carboxylic acids is 1. The van der Waals surface area contributed by atoms with Gasteiger partial charge < -0.3 is 16.2 Å². The number of aliphatic carboxylic acids is 1. The number of carbonyl (C=O) groups is 2. The maximum atomic E-state index is 11.6. The van der Waals surface area contributed by atoms with Gasteiger partial charge in [-0.2, -0.15) is 0 Å². The van der Waals surface area contributed by atoms with Gasteiger partial charge >= 0.3 is 5.97 Å². The summed E-state index contributed by atoms with van der Waals surface area (Å²) in [6, 6.07) is -0.156. The van der Waals surface area contributed by atoms with Crippen molar-refractivity contribution in [3.05, 3.63) is 0 Å². The smallest absolute Gasteiger partial charge is 0.322 e. The van der Waals surface area contributed by atoms with Crippen LogP contribution in [0.25, 0.3) is 0 Å². The molecule has 5 heteroatoms. The molecule has 5 nitrogen and oxygen atoms in total. The fourth-order valence-corrected chi connectivity index (χ4v) is 1.83. The van der Waals surface area contributed by atoms with Gasteiger partial charge in [0.25, 0.3) is 0 Å². The summed E-state index contributed by atoms with van der Waals surface area (Å²) in [5.41, 5.74) is 5.22. The average Bonchev–Trinajstić information content (AvgIpc) is 2.44. The van der Waals surface area contributed by atoms with E-state index in [1.165, 1.54) is 0 Å². The molecule has 0 aromatic heterocycles. The number of carbonyl (C=O) groups excluding carboxylic acids is 1. The lowest BCUT2D eigenvalue weighted by Crippen LogP contribution is -2.48. The van der Waals surface area contributed by atoms with Crippen LogP contribution in [0.3, 0.4) is 0 Å². The van der Waals surface area contributed by atoms with E-state index in [2.05, 4.69) is 5.32 Å². The molecule has 1 rings (SSSR count). The Labute approximate surface area is 82.7 Å². The van der Waals surface area contributed by atoms with Gasteiger partial charge in [-0.15, -0.1) is 0 Å². The molecule has 1 saturated carbocycles. The van der Waals surface area contributed by atoms with Gasteiger partial charge in [-0.3, -0.25) is 9.59 Å². The minimum atomic E-state index is -1.03. The molecule has 0 saturated heterocycles. The Hall–Kier alpha value is -1.10. The normalized spacial score (nSPS) is 31.4. The Kier molecular flexibility index (Phi) is 3.10. The van der Waals surface area contributed by atoms with Gasteiger partial charge in [0.05, 0.1) is 5.41 Å². The van der Waals surface area contributed by atoms with Crippen molar-refractivity contribution < 1.29 is 14.7 Å². The zero-order chi connectivity index (χ0) is 10.8. The average molecular weight is 200 g/mol. The molecular formula is C9H16N2O3. The monoisotopic (exact) mass is 200 g/mol. The van der Waals surface area contributed by atoms with Gasteiger partial charge in [0.2, 0.25) is 5.91 Å². The number of nitrogens with two attached hydrogens (primary N) is 1. The molecule has 0 heterocycles. The van der Waals surface area contributed by atoms with Gasteiger partial charge in [0.1, 0.15) is 6.54 Å². The zero-order valence-electron chi connectivity index (χ0n) is 8.25. The standard InChI is InChI=1S/C9H16N2O3/c1-9(4-2-3-6(9)10)8(14)11-5-7(12)13/h6H,2-5,10H2,1H3,(H,11,14)(H,12,13). The van der Waals surface area contributed by atoms with Crippen LogP contribution in [-0.2, 0) is 9.59 Å². The molecule has 0 bridgehead atoms. The summed E-state index contributed by atoms with van der Waals surface area (Å²) in [7, 11) is 0. The highest BCUT2D eigenvalue weighted by Crippen LogP contribution is 2.36. The summed E-state index contributed by atoms with van der Waals surface area (Å²) >= 11 is 0. The number of rotatable bonds is 3. The van der Waals surface area contributed by atoms with E-state index in [9.17, 15) is 9.59 Å². The molecule has 2 unspecified atom stereocenters. The predicted octanol–water partition coefficient (Wildman–Crippen LogP) is -0.295. The van der Waals surface area contributed by atoms with Gasteiger partial charge in [-0.25, -0.2) is 0 Å². The summed E-state index contributed by atoms with van der Waals surface area (Å²) in [4.78, 5) is 21.9. The Morgan fingerprint density at radius 2 is 2.29 bits per heavy atom. The molecule has 0 aliphatic heterocycles. The number of hydrogen-bond donors (Lipinski definition) is 3. The molecule has 1 aliphatic carbocycles. The molecule has 1 fully saturated rings. The van der Waals surface area contributed by atoms with E-state index in [0.717, 1.165) is 19.3 Å². The number of carboxylic acid groups (broad SMARTS) is 1. The molecular weight excluding hydrogens is 184 g/mol. The molecule has 0 aromatic rings. The minimum absolute atomic E-state index is 0.156. The number of amides is 1. The van der Waals surface area contributed by atoms with Crippen molar-refractivity contribution in [3.63, 3.8) is 0 Å². The third-order valence-corrected chi connectivity index (χ3v) is 2.95. The largest absolute Gasteiger partial charge is 0.480 e. The van der Waals surface area contributed by atoms with E-state index in [4.69, 9.17) is 10.8 Å². The van der Waals surface area contributed by atoms with E-state index in [1.54, 1.807) is 6.92 Å². The highest BCUT2D eigenvalue weighted by atomic mass is 16.4. The zero-order valence-corrected chi connectivity index (χ0v) is 8.25. The van der Waals surface area contributed by atoms with E-state index in [1.807, 2.05) is 0 Å². The Morgan fingerprint density at radius 3 is 2.71 bits per heavy atom. The first-order valence-electron chi connectivity index (χ1n) is 4.72. The molecule has 2 atom stereocenters. The third kappa shape index (κ3) is 2.04. The Morgan fingerprint density at radius 1 is 1.64 bits per heavy atom. The van der Waals surface area contributed by atoms with Crippen molar-refractivity contribution in [1.82, 2.24) is 5.32 Å². The summed E-state index contributed by atoms with van der Waals surface area (Å²) in [5, 5.41) is 10.8. The van der Waals surface area contributed by atoms with Crippen LogP contribution in [-0.4, -0.2) is 29.6 Å². The third-order valence-electron chi connectivity index (χ3n) is 2.95. The van der Waals surface area contributed by atoms with Crippen molar-refractivity contribution in [3.8, 4) is 0 Å². The molecule has 14 heavy (non-hydrogen) atoms. The second kappa shape index (κ2) is 3.96. The molecule has 0 aromatic carbocycles. The van der Waals surface area contributed by atoms with E-state index < -0.39 is 11.4 Å². The van der Waals surface area contributed by atoms with Crippen LogP contribution in [0, 0.1) is 5.41 Å². The van der Waals surface area contributed by atoms with Crippen LogP contribution in [0.1, 0.15) is 26.2 Å². The summed E-state index contributed by atoms with van der Waals surface area (Å²) in [5.74, 6) is -1.28. The summed E-state index contributed by atoms with van der Waals surface area (Å²) in [6.07, 6.45) is 2.49. The van der Waals surface area contributed by atoms with Crippen molar-refractivity contribution in [2.75, 3.05) is 6.54 Å². The van der Waals surface area contributed by atoms with Crippen LogP contribution in [0.2, 0.25) is 0 Å².